The van der Waals surface area contributed by atoms with Gasteiger partial charge in [-0.2, -0.15) is 0 Å². The molecule has 0 radical (unpaired) electrons. The molecule has 12 heteroatoms. The van der Waals surface area contributed by atoms with Gasteiger partial charge in [-0.1, -0.05) is 36.3 Å². The van der Waals surface area contributed by atoms with E-state index in [0.717, 1.165) is 38.1 Å². The molecule has 0 unspecified atom stereocenters. The van der Waals surface area contributed by atoms with Crippen LogP contribution < -0.4 is 10.1 Å². The Morgan fingerprint density at radius 2 is 2.05 bits per heavy atom. The topological polar surface area (TPSA) is 94.4 Å². The van der Waals surface area contributed by atoms with Gasteiger partial charge < -0.3 is 19.7 Å². The van der Waals surface area contributed by atoms with Crippen molar-refractivity contribution in [3.05, 3.63) is 59.7 Å². The molecule has 0 spiro atoms. The highest BCUT2D eigenvalue weighted by Crippen LogP contribution is 2.35. The van der Waals surface area contributed by atoms with E-state index in [0.29, 0.717) is 0 Å². The maximum absolute atomic E-state index is 15.0. The van der Waals surface area contributed by atoms with E-state index in [9.17, 15) is 9.18 Å². The number of thioether (sulfide) groups is 1. The minimum absolute atomic E-state index is 0.0202. The Kier molecular flexibility index (Phi) is 6.53. The third-order valence-corrected chi connectivity index (χ3v) is 6.98. The number of likely N-dealkylation sites (tertiary alicyclic amines) is 1. The number of ether oxygens (including phenoxy) is 2. The zero-order valence-electron chi connectivity index (χ0n) is 30.9. The van der Waals surface area contributed by atoms with Crippen LogP contribution in [0.2, 0.25) is 0 Å². The molecular weight excluding hydrogens is 550 g/mol. The van der Waals surface area contributed by atoms with Gasteiger partial charge in [-0.3, -0.25) is 9.55 Å². The van der Waals surface area contributed by atoms with Crippen molar-refractivity contribution in [2.75, 3.05) is 26.7 Å². The molecule has 216 valence electrons. The highest BCUT2D eigenvalue weighted by atomic mass is 32.2. The van der Waals surface area contributed by atoms with Crippen LogP contribution in [0.25, 0.3) is 5.69 Å². The van der Waals surface area contributed by atoms with E-state index in [1.807, 2.05) is 7.05 Å². The van der Waals surface area contributed by atoms with Gasteiger partial charge in [-0.15, -0.1) is 10.2 Å². The number of carbonyl (C=O) groups excluding carboxylic acids is 1. The van der Waals surface area contributed by atoms with Gasteiger partial charge in [0, 0.05) is 35.9 Å². The molecule has 41 heavy (non-hydrogen) atoms. The molecule has 1 aromatic carbocycles. The highest BCUT2D eigenvalue weighted by Gasteiger charge is 2.23. The van der Waals surface area contributed by atoms with Crippen molar-refractivity contribution in [1.82, 2.24) is 30.0 Å². The summed E-state index contributed by atoms with van der Waals surface area (Å²) >= 11 is 0.120. The molecule has 3 aromatic rings. The van der Waals surface area contributed by atoms with Gasteiger partial charge in [-0.05, 0) is 63.9 Å². The SMILES string of the molecule is [2H]C1([2H])C([2H])([2H])C([2H])([2H])C([2H])(Sc2nnc(COc3cc(F)c(C#CCOC(=O)NC4CCN(C)CC4)cc3F)n2-c2cccnc2)C1([2H])[2H]. The van der Waals surface area contributed by atoms with Crippen molar-refractivity contribution < 1.29 is 35.4 Å². The summed E-state index contributed by atoms with van der Waals surface area (Å²) in [7, 11) is 1.99. The van der Waals surface area contributed by atoms with Crippen molar-refractivity contribution in [3.8, 4) is 23.3 Å². The summed E-state index contributed by atoms with van der Waals surface area (Å²) in [5.74, 6) is 2.30. The van der Waals surface area contributed by atoms with Crippen LogP contribution in [-0.4, -0.2) is 68.8 Å². The van der Waals surface area contributed by atoms with Crippen LogP contribution in [0.3, 0.4) is 0 Å². The van der Waals surface area contributed by atoms with Crippen LogP contribution in [0.15, 0.2) is 41.8 Å². The van der Waals surface area contributed by atoms with E-state index < -0.39 is 60.8 Å². The summed E-state index contributed by atoms with van der Waals surface area (Å²) in [6.45, 7) is 0.751. The summed E-state index contributed by atoms with van der Waals surface area (Å²) in [6, 6.07) is 4.54. The average molecular weight is 592 g/mol. The molecule has 0 bridgehead atoms. The summed E-state index contributed by atoms with van der Waals surface area (Å²) in [4.78, 5) is 18.2. The molecule has 2 aromatic heterocycles. The Bertz CT molecular complexity index is 1780. The Hall–Kier alpha value is -3.69. The number of piperidine rings is 1. The standard InChI is InChI=1S/C29H32F2N6O3S/c1-36-13-10-21(11-14-36)33-29(38)39-15-5-6-20-16-25(31)26(17-24(20)30)40-19-27-34-35-28(41-23-8-2-3-9-23)37(27)22-7-4-12-32-18-22/h4,7,12,16-18,21,23H,2-3,8-11,13-15,19H2,1H3,(H,33,38)/i2D2,3D2,8D2,9D2,23D. The second-order valence-corrected chi connectivity index (χ2v) is 10.0. The fourth-order valence-electron chi connectivity index (χ4n) is 4.03. The second-order valence-electron chi connectivity index (χ2n) is 9.03. The van der Waals surface area contributed by atoms with E-state index >= 15 is 4.39 Å². The minimum atomic E-state index is -3.42. The zero-order valence-corrected chi connectivity index (χ0v) is 22.7. The van der Waals surface area contributed by atoms with Crippen LogP contribution >= 0.6 is 11.8 Å². The minimum Gasteiger partial charge on any atom is -0.482 e. The van der Waals surface area contributed by atoms with Crippen LogP contribution in [0.5, 0.6) is 5.75 Å². The number of rotatable bonds is 8. The first-order chi connectivity index (χ1) is 23.3. The molecule has 2 aliphatic rings. The number of nitrogens with one attached hydrogen (secondary N) is 1. The monoisotopic (exact) mass is 591 g/mol. The van der Waals surface area contributed by atoms with Gasteiger partial charge in [-0.25, -0.2) is 13.6 Å². The lowest BCUT2D eigenvalue weighted by atomic mass is 10.1. The molecule has 1 saturated carbocycles. The van der Waals surface area contributed by atoms with Crippen molar-refractivity contribution in [3.63, 3.8) is 0 Å². The van der Waals surface area contributed by atoms with Gasteiger partial charge in [0.25, 0.3) is 0 Å². The quantitative estimate of drug-likeness (QED) is 0.376. The number of benzene rings is 1. The average Bonchev–Trinajstić information content (AvgIpc) is 3.47. The number of alkyl carbamates (subject to hydrolysis) is 1. The molecule has 2 fully saturated rings. The van der Waals surface area contributed by atoms with Gasteiger partial charge >= 0.3 is 6.09 Å². The van der Waals surface area contributed by atoms with E-state index in [4.69, 9.17) is 21.8 Å². The van der Waals surface area contributed by atoms with Gasteiger partial charge in [0.15, 0.2) is 29.2 Å². The van der Waals surface area contributed by atoms with Crippen molar-refractivity contribution in [2.24, 2.45) is 0 Å². The number of aromatic nitrogens is 4. The highest BCUT2D eigenvalue weighted by molar-refractivity contribution is 7.99. The maximum atomic E-state index is 15.0. The molecule has 0 atom stereocenters. The first-order valence-electron chi connectivity index (χ1n) is 17.1. The molecule has 1 amide bonds. The van der Waals surface area contributed by atoms with E-state index in [1.165, 1.54) is 29.1 Å². The van der Waals surface area contributed by atoms with Crippen LogP contribution in [0, 0.1) is 23.5 Å². The van der Waals surface area contributed by atoms with E-state index in [2.05, 4.69) is 37.2 Å². The largest absolute Gasteiger partial charge is 0.482 e. The predicted octanol–water partition coefficient (Wildman–Crippen LogP) is 4.73. The number of pyridine rings is 1. The third kappa shape index (κ3) is 7.74. The van der Waals surface area contributed by atoms with Crippen LogP contribution in [-0.2, 0) is 11.3 Å². The number of nitrogens with zero attached hydrogens (tertiary/aromatic N) is 5. The van der Waals surface area contributed by atoms with Gasteiger partial charge in [0.05, 0.1) is 17.4 Å². The van der Waals surface area contributed by atoms with Gasteiger partial charge in [0.2, 0.25) is 0 Å². The first kappa shape index (κ1) is 19.4. The summed E-state index contributed by atoms with van der Waals surface area (Å²) in [5, 5.41) is 7.17. The lowest BCUT2D eigenvalue weighted by Gasteiger charge is -2.28. The zero-order chi connectivity index (χ0) is 36.7. The summed E-state index contributed by atoms with van der Waals surface area (Å²) < 4.78 is 116. The fourth-order valence-corrected chi connectivity index (χ4v) is 4.80. The third-order valence-electron chi connectivity index (χ3n) is 6.13. The predicted molar refractivity (Wildman–Crippen MR) is 150 cm³/mol. The van der Waals surface area contributed by atoms with E-state index in [1.54, 1.807) is 0 Å². The number of halogens is 2. The number of amides is 1. The molecule has 1 aliphatic carbocycles. The molecule has 1 saturated heterocycles. The van der Waals surface area contributed by atoms with Crippen molar-refractivity contribution >= 4 is 17.9 Å². The summed E-state index contributed by atoms with van der Waals surface area (Å²) in [6.07, 6.45) is -9.95. The van der Waals surface area contributed by atoms with Crippen molar-refractivity contribution in [1.29, 1.82) is 0 Å². The Balaban J connectivity index is 1.32. The van der Waals surface area contributed by atoms with Crippen LogP contribution in [0.1, 0.15) is 62.1 Å². The lowest BCUT2D eigenvalue weighted by molar-refractivity contribution is 0.147. The molecule has 1 N–H and O–H groups in total. The Morgan fingerprint density at radius 1 is 1.24 bits per heavy atom. The maximum Gasteiger partial charge on any atom is 0.408 e. The van der Waals surface area contributed by atoms with Crippen molar-refractivity contribution in [2.45, 2.75) is 61.4 Å². The summed E-state index contributed by atoms with van der Waals surface area (Å²) in [5.41, 5.74) is -0.112. The smallest absolute Gasteiger partial charge is 0.408 e. The van der Waals surface area contributed by atoms with Gasteiger partial charge in [0.1, 0.15) is 12.4 Å². The number of hydrogen-bond donors (Lipinski definition) is 1. The second kappa shape index (κ2) is 13.8. The van der Waals surface area contributed by atoms with E-state index in [-0.39, 0.29) is 46.6 Å². The Morgan fingerprint density at radius 3 is 2.80 bits per heavy atom. The Labute approximate surface area is 254 Å². The normalized spacial score (nSPS) is 25.2. The molecule has 3 heterocycles. The lowest BCUT2D eigenvalue weighted by Crippen LogP contribution is -2.43. The molecule has 5 rings (SSSR count). The molecule has 9 nitrogen and oxygen atoms in total. The molecule has 1 aliphatic heterocycles. The number of carbonyl (C=O) groups is 1. The van der Waals surface area contributed by atoms with Crippen LogP contribution in [0.4, 0.5) is 13.6 Å². The number of hydrogen-bond acceptors (Lipinski definition) is 8. The molecular formula is C29H32F2N6O3S. The fraction of sp³-hybridized carbons (Fsp3) is 0.448. The first-order valence-corrected chi connectivity index (χ1v) is 13.4.